The van der Waals surface area contributed by atoms with Crippen molar-refractivity contribution in [2.75, 3.05) is 41.0 Å². The number of nitrogens with zero attached hydrogens (tertiary/aromatic N) is 1. The fourth-order valence-electron chi connectivity index (χ4n) is 7.02. The van der Waals surface area contributed by atoms with E-state index in [4.69, 9.17) is 14.2 Å². The molecular formula is C60H98NO7+. The predicted octanol–water partition coefficient (Wildman–Crippen LogP) is 15.8. The Labute approximate surface area is 416 Å². The van der Waals surface area contributed by atoms with Crippen molar-refractivity contribution >= 4 is 17.9 Å². The van der Waals surface area contributed by atoms with Crippen LogP contribution in [0, 0.1) is 0 Å². The second kappa shape index (κ2) is 49.2. The maximum absolute atomic E-state index is 12.8. The zero-order chi connectivity index (χ0) is 49.9. The van der Waals surface area contributed by atoms with E-state index in [2.05, 4.69) is 135 Å². The van der Waals surface area contributed by atoms with E-state index < -0.39 is 18.1 Å². The van der Waals surface area contributed by atoms with Gasteiger partial charge < -0.3 is 23.8 Å². The van der Waals surface area contributed by atoms with Crippen molar-refractivity contribution in [3.63, 3.8) is 0 Å². The van der Waals surface area contributed by atoms with Crippen LogP contribution in [0.2, 0.25) is 0 Å². The molecular weight excluding hydrogens is 847 g/mol. The lowest BCUT2D eigenvalue weighted by Crippen LogP contribution is -2.50. The molecule has 68 heavy (non-hydrogen) atoms. The van der Waals surface area contributed by atoms with Gasteiger partial charge in [0, 0.05) is 19.3 Å². The number of rotatable bonds is 46. The number of carboxylic acid groups (broad SMARTS) is 1. The first-order valence-electron chi connectivity index (χ1n) is 26.6. The van der Waals surface area contributed by atoms with Gasteiger partial charge >= 0.3 is 17.9 Å². The van der Waals surface area contributed by atoms with Crippen molar-refractivity contribution in [1.82, 2.24) is 0 Å². The number of carbonyl (C=O) groups excluding carboxylic acids is 2. The van der Waals surface area contributed by atoms with E-state index in [1.807, 2.05) is 21.1 Å². The normalized spacial score (nSPS) is 13.8. The molecule has 0 aliphatic heterocycles. The van der Waals surface area contributed by atoms with Crippen LogP contribution in [0.15, 0.2) is 122 Å². The number of hydrogen-bond acceptors (Lipinski definition) is 6. The van der Waals surface area contributed by atoms with Crippen molar-refractivity contribution in [1.29, 1.82) is 0 Å². The number of unbranched alkanes of at least 4 members (excludes halogenated alkanes) is 12. The summed E-state index contributed by atoms with van der Waals surface area (Å²) in [6.07, 6.45) is 69.6. The summed E-state index contributed by atoms with van der Waals surface area (Å²) in [6.45, 7) is 4.53. The Bertz CT molecular complexity index is 1520. The standard InChI is InChI=1S/C60H97NO7/c1-6-8-10-12-14-16-18-20-22-24-26-28-29-31-33-35-37-39-41-43-45-47-49-51-59(63)68-56(54-66-53-52-57(60(64)65)61(3,4)5)55-67-58(62)50-48-46-44-42-40-38-36-34-32-30-27-25-23-21-19-17-15-13-11-9-7-2/h8,10,14-17,20-23,26-28,30-31,33-34,36,40,42,56-57H,6-7,9,11-13,18-19,24-25,29,32,35,37-39,41,43-55H2,1-5H3/p+1/b10-8+,16-14+,17-15+,22-20+,23-21+,28-26+,30-27+,33-31+,36-34+,42-40+. The summed E-state index contributed by atoms with van der Waals surface area (Å²) in [5, 5.41) is 9.67. The van der Waals surface area contributed by atoms with E-state index >= 15 is 0 Å². The highest BCUT2D eigenvalue weighted by Crippen LogP contribution is 2.13. The maximum Gasteiger partial charge on any atom is 0.362 e. The summed E-state index contributed by atoms with van der Waals surface area (Å²) < 4.78 is 17.3. The molecule has 0 aliphatic rings. The lowest BCUT2D eigenvalue weighted by atomic mass is 10.1. The highest BCUT2D eigenvalue weighted by Gasteiger charge is 2.31. The molecule has 8 nitrogen and oxygen atoms in total. The Morgan fingerprint density at radius 1 is 0.456 bits per heavy atom. The Balaban J connectivity index is 4.37. The highest BCUT2D eigenvalue weighted by molar-refractivity contribution is 5.72. The molecule has 1 N–H and O–H groups in total. The Morgan fingerprint density at radius 3 is 1.25 bits per heavy atom. The van der Waals surface area contributed by atoms with Crippen LogP contribution in [-0.4, -0.2) is 80.6 Å². The SMILES string of the molecule is CC/C=C/C/C=C/C/C=C/C/C=C/C/C=C/CCCCCCCCCC(=O)OC(COCCC(C(=O)O)[N+](C)(C)C)COC(=O)CCCC/C=C/C/C=C/C/C=C/C/C=C/C/C=C/CCCCC. The molecule has 0 fully saturated rings. The summed E-state index contributed by atoms with van der Waals surface area (Å²) >= 11 is 0. The van der Waals surface area contributed by atoms with Crippen LogP contribution in [0.1, 0.15) is 187 Å². The second-order valence-corrected chi connectivity index (χ2v) is 18.4. The number of likely N-dealkylation sites (N-methyl/N-ethyl adjacent to an activating group) is 1. The van der Waals surface area contributed by atoms with E-state index in [-0.39, 0.29) is 36.2 Å². The van der Waals surface area contributed by atoms with Crippen LogP contribution in [-0.2, 0) is 28.6 Å². The molecule has 0 heterocycles. The largest absolute Gasteiger partial charge is 0.477 e. The molecule has 0 bridgehead atoms. The third kappa shape index (κ3) is 46.8. The topological polar surface area (TPSA) is 99.1 Å². The minimum absolute atomic E-state index is 0.0341. The molecule has 0 amide bonds. The van der Waals surface area contributed by atoms with Gasteiger partial charge in [0.2, 0.25) is 0 Å². The van der Waals surface area contributed by atoms with Crippen LogP contribution < -0.4 is 0 Å². The number of ether oxygens (including phenoxy) is 3. The first kappa shape index (κ1) is 63.7. The fourth-order valence-corrected chi connectivity index (χ4v) is 7.02. The van der Waals surface area contributed by atoms with Crippen LogP contribution in [0.4, 0.5) is 0 Å². The summed E-state index contributed by atoms with van der Waals surface area (Å²) in [5.41, 5.74) is 0. The minimum Gasteiger partial charge on any atom is -0.477 e. The van der Waals surface area contributed by atoms with Crippen LogP contribution in [0.25, 0.3) is 0 Å². The lowest BCUT2D eigenvalue weighted by molar-refractivity contribution is -0.887. The quantitative estimate of drug-likeness (QED) is 0.0281. The molecule has 8 heteroatoms. The summed E-state index contributed by atoms with van der Waals surface area (Å²) in [6, 6.07) is -0.633. The molecule has 2 atom stereocenters. The van der Waals surface area contributed by atoms with Crippen LogP contribution >= 0.6 is 0 Å². The van der Waals surface area contributed by atoms with E-state index in [1.54, 1.807) is 0 Å². The Kier molecular flexibility index (Phi) is 46.1. The van der Waals surface area contributed by atoms with E-state index in [1.165, 1.54) is 44.9 Å². The van der Waals surface area contributed by atoms with Gasteiger partial charge in [0.15, 0.2) is 12.1 Å². The summed E-state index contributed by atoms with van der Waals surface area (Å²) in [7, 11) is 5.51. The third-order valence-electron chi connectivity index (χ3n) is 11.1. The smallest absolute Gasteiger partial charge is 0.362 e. The van der Waals surface area contributed by atoms with Gasteiger partial charge in [-0.15, -0.1) is 0 Å². The van der Waals surface area contributed by atoms with Crippen molar-refractivity contribution < 1.29 is 38.2 Å². The minimum atomic E-state index is -0.888. The number of allylic oxidation sites excluding steroid dienone is 20. The molecule has 0 radical (unpaired) electrons. The second-order valence-electron chi connectivity index (χ2n) is 18.4. The molecule has 2 unspecified atom stereocenters. The van der Waals surface area contributed by atoms with E-state index in [0.29, 0.717) is 25.7 Å². The van der Waals surface area contributed by atoms with Crippen LogP contribution in [0.5, 0.6) is 0 Å². The first-order valence-corrected chi connectivity index (χ1v) is 26.6. The van der Waals surface area contributed by atoms with Gasteiger partial charge in [-0.1, -0.05) is 180 Å². The Morgan fingerprint density at radius 2 is 0.824 bits per heavy atom. The number of quaternary nitrogens is 1. The van der Waals surface area contributed by atoms with Gasteiger partial charge in [-0.05, 0) is 109 Å². The fraction of sp³-hybridized carbons (Fsp3) is 0.617. The monoisotopic (exact) mass is 945 g/mol. The van der Waals surface area contributed by atoms with Gasteiger partial charge in [0.05, 0.1) is 34.4 Å². The molecule has 384 valence electrons. The van der Waals surface area contributed by atoms with Crippen molar-refractivity contribution in [2.24, 2.45) is 0 Å². The van der Waals surface area contributed by atoms with Gasteiger partial charge in [-0.25, -0.2) is 4.79 Å². The van der Waals surface area contributed by atoms with Gasteiger partial charge in [-0.3, -0.25) is 9.59 Å². The van der Waals surface area contributed by atoms with Crippen molar-refractivity contribution in [3.8, 4) is 0 Å². The number of carbonyl (C=O) groups is 3. The molecule has 0 saturated carbocycles. The number of aliphatic carboxylic acids is 1. The number of hydrogen-bond donors (Lipinski definition) is 1. The van der Waals surface area contributed by atoms with Gasteiger partial charge in [0.1, 0.15) is 6.61 Å². The summed E-state index contributed by atoms with van der Waals surface area (Å²) in [4.78, 5) is 37.2. The van der Waals surface area contributed by atoms with Crippen molar-refractivity contribution in [3.05, 3.63) is 122 Å². The molecule has 0 aliphatic carbocycles. The van der Waals surface area contributed by atoms with Crippen molar-refractivity contribution in [2.45, 2.75) is 199 Å². The molecule has 0 aromatic heterocycles. The summed E-state index contributed by atoms with van der Waals surface area (Å²) in [5.74, 6) is -1.55. The predicted molar refractivity (Wildman–Crippen MR) is 289 cm³/mol. The zero-order valence-electron chi connectivity index (χ0n) is 43.8. The van der Waals surface area contributed by atoms with Gasteiger partial charge in [0.25, 0.3) is 0 Å². The maximum atomic E-state index is 12.8. The zero-order valence-corrected chi connectivity index (χ0v) is 43.8. The molecule has 0 rings (SSSR count). The molecule has 0 aromatic rings. The molecule has 0 saturated heterocycles. The average Bonchev–Trinajstić information content (AvgIpc) is 3.30. The number of esters is 2. The van der Waals surface area contributed by atoms with E-state index in [9.17, 15) is 19.5 Å². The Hall–Kier alpha value is -4.27. The molecule has 0 spiro atoms. The van der Waals surface area contributed by atoms with Crippen LogP contribution in [0.3, 0.4) is 0 Å². The van der Waals surface area contributed by atoms with E-state index in [0.717, 1.165) is 103 Å². The average molecular weight is 945 g/mol. The molecule has 0 aromatic carbocycles. The first-order chi connectivity index (χ1) is 33.1. The number of carboxylic acids is 1. The lowest BCUT2D eigenvalue weighted by Gasteiger charge is -2.31. The highest BCUT2D eigenvalue weighted by atomic mass is 16.6. The third-order valence-corrected chi connectivity index (χ3v) is 11.1. The van der Waals surface area contributed by atoms with Gasteiger partial charge in [-0.2, -0.15) is 0 Å².